The second-order valence-electron chi connectivity index (χ2n) is 7.45. The van der Waals surface area contributed by atoms with Gasteiger partial charge in [-0.3, -0.25) is 9.10 Å². The average Bonchev–Trinajstić information content (AvgIpc) is 2.67. The molecule has 9 heteroatoms. The third-order valence-corrected chi connectivity index (χ3v) is 6.28. The Labute approximate surface area is 174 Å². The molecule has 2 rings (SSSR count). The van der Waals surface area contributed by atoms with E-state index in [0.29, 0.717) is 24.6 Å². The number of rotatable bonds is 10. The average molecular weight is 427 g/mol. The minimum Gasteiger partial charge on any atom is -0.494 e. The number of piperazine rings is 1. The van der Waals surface area contributed by atoms with Crippen molar-refractivity contribution in [1.82, 2.24) is 15.1 Å². The van der Waals surface area contributed by atoms with Crippen molar-refractivity contribution in [2.75, 3.05) is 63.5 Å². The Bertz CT molecular complexity index is 746. The molecule has 1 N–H and O–H groups in total. The number of anilines is 1. The highest BCUT2D eigenvalue weighted by Gasteiger charge is 2.29. The van der Waals surface area contributed by atoms with Gasteiger partial charge in [0.05, 0.1) is 18.6 Å². The number of carbonyl (C=O) groups is 1. The molecule has 1 heterocycles. The van der Waals surface area contributed by atoms with Crippen LogP contribution >= 0.6 is 0 Å². The van der Waals surface area contributed by atoms with Crippen LogP contribution in [-0.2, 0) is 14.8 Å². The normalized spacial score (nSPS) is 17.0. The lowest BCUT2D eigenvalue weighted by molar-refractivity contribution is -0.121. The highest BCUT2D eigenvalue weighted by molar-refractivity contribution is 7.92. The van der Waals surface area contributed by atoms with Crippen LogP contribution in [-0.4, -0.2) is 89.3 Å². The minimum atomic E-state index is -3.62. The fourth-order valence-corrected chi connectivity index (χ4v) is 4.57. The zero-order chi connectivity index (χ0) is 21.4. The van der Waals surface area contributed by atoms with Gasteiger partial charge in [0, 0.05) is 32.7 Å². The van der Waals surface area contributed by atoms with Crippen molar-refractivity contribution in [3.8, 4) is 5.75 Å². The van der Waals surface area contributed by atoms with Crippen LogP contribution in [0, 0.1) is 0 Å². The Morgan fingerprint density at radius 1 is 1.21 bits per heavy atom. The molecule has 1 atom stereocenters. The van der Waals surface area contributed by atoms with Gasteiger partial charge in [0.25, 0.3) is 0 Å². The molecule has 0 radical (unpaired) electrons. The molecule has 1 amide bonds. The van der Waals surface area contributed by atoms with E-state index in [2.05, 4.69) is 22.2 Å². The fourth-order valence-electron chi connectivity index (χ4n) is 3.40. The minimum absolute atomic E-state index is 0.303. The van der Waals surface area contributed by atoms with Crippen molar-refractivity contribution in [2.24, 2.45) is 0 Å². The molecule has 1 aliphatic heterocycles. The van der Waals surface area contributed by atoms with Gasteiger partial charge in [-0.1, -0.05) is 0 Å². The summed E-state index contributed by atoms with van der Waals surface area (Å²) < 4.78 is 31.3. The zero-order valence-electron chi connectivity index (χ0n) is 17.9. The lowest BCUT2D eigenvalue weighted by Crippen LogP contribution is -2.48. The number of nitrogens with one attached hydrogen (secondary N) is 1. The molecule has 0 bridgehead atoms. The summed E-state index contributed by atoms with van der Waals surface area (Å²) in [5.41, 5.74) is 0.441. The van der Waals surface area contributed by atoms with E-state index in [1.807, 2.05) is 6.92 Å². The van der Waals surface area contributed by atoms with Gasteiger partial charge in [-0.25, -0.2) is 8.42 Å². The van der Waals surface area contributed by atoms with Crippen molar-refractivity contribution in [1.29, 1.82) is 0 Å². The van der Waals surface area contributed by atoms with E-state index in [9.17, 15) is 13.2 Å². The predicted molar refractivity (Wildman–Crippen MR) is 116 cm³/mol. The Balaban J connectivity index is 1.91. The van der Waals surface area contributed by atoms with Gasteiger partial charge < -0.3 is 19.9 Å². The van der Waals surface area contributed by atoms with E-state index in [0.717, 1.165) is 49.7 Å². The fraction of sp³-hybridized carbons (Fsp3) is 0.650. The predicted octanol–water partition coefficient (Wildman–Crippen LogP) is 0.994. The van der Waals surface area contributed by atoms with E-state index in [-0.39, 0.29) is 5.91 Å². The summed E-state index contributed by atoms with van der Waals surface area (Å²) >= 11 is 0. The van der Waals surface area contributed by atoms with Gasteiger partial charge in [0.1, 0.15) is 11.8 Å². The monoisotopic (exact) mass is 426 g/mol. The SMILES string of the molecule is CCOc1ccc(N(C(C)C(=O)NCCCN2CCN(C)CC2)S(C)(=O)=O)cc1. The Kier molecular flexibility index (Phi) is 8.73. The molecule has 8 nitrogen and oxygen atoms in total. The van der Waals surface area contributed by atoms with Crippen molar-refractivity contribution in [3.63, 3.8) is 0 Å². The third-order valence-electron chi connectivity index (χ3n) is 5.04. The number of sulfonamides is 1. The first-order chi connectivity index (χ1) is 13.7. The highest BCUT2D eigenvalue weighted by Crippen LogP contribution is 2.24. The Morgan fingerprint density at radius 3 is 2.38 bits per heavy atom. The Hall–Kier alpha value is -1.84. The van der Waals surface area contributed by atoms with E-state index in [1.54, 1.807) is 31.2 Å². The molecule has 164 valence electrons. The smallest absolute Gasteiger partial charge is 0.243 e. The van der Waals surface area contributed by atoms with E-state index in [1.165, 1.54) is 0 Å². The summed E-state index contributed by atoms with van der Waals surface area (Å²) in [6, 6.07) is 5.88. The standard InChI is InChI=1S/C20H34N4O4S/c1-5-28-19-9-7-18(8-10-19)24(29(4,26)27)17(2)20(25)21-11-6-12-23-15-13-22(3)14-16-23/h7-10,17H,5-6,11-16H2,1-4H3,(H,21,25). The van der Waals surface area contributed by atoms with Gasteiger partial charge in [-0.15, -0.1) is 0 Å². The summed E-state index contributed by atoms with van der Waals surface area (Å²) in [5, 5.41) is 2.88. The van der Waals surface area contributed by atoms with Gasteiger partial charge in [-0.05, 0) is 58.1 Å². The van der Waals surface area contributed by atoms with E-state index < -0.39 is 16.1 Å². The Morgan fingerprint density at radius 2 is 1.83 bits per heavy atom. The summed E-state index contributed by atoms with van der Waals surface area (Å²) in [7, 11) is -1.50. The van der Waals surface area contributed by atoms with Gasteiger partial charge in [-0.2, -0.15) is 0 Å². The first-order valence-electron chi connectivity index (χ1n) is 10.1. The van der Waals surface area contributed by atoms with E-state index >= 15 is 0 Å². The van der Waals surface area contributed by atoms with Crippen LogP contribution < -0.4 is 14.4 Å². The second kappa shape index (κ2) is 10.8. The van der Waals surface area contributed by atoms with Gasteiger partial charge >= 0.3 is 0 Å². The lowest BCUT2D eigenvalue weighted by atomic mass is 10.2. The van der Waals surface area contributed by atoms with Gasteiger partial charge in [0.2, 0.25) is 15.9 Å². The molecule has 1 aromatic rings. The van der Waals surface area contributed by atoms with Crippen molar-refractivity contribution in [3.05, 3.63) is 24.3 Å². The maximum Gasteiger partial charge on any atom is 0.243 e. The molecule has 1 unspecified atom stereocenters. The van der Waals surface area contributed by atoms with Gasteiger partial charge in [0.15, 0.2) is 0 Å². The number of hydrogen-bond donors (Lipinski definition) is 1. The summed E-state index contributed by atoms with van der Waals surface area (Å²) in [6.45, 7) is 9.68. The first kappa shape index (κ1) is 23.4. The number of hydrogen-bond acceptors (Lipinski definition) is 6. The zero-order valence-corrected chi connectivity index (χ0v) is 18.7. The molecular formula is C20H34N4O4S. The highest BCUT2D eigenvalue weighted by atomic mass is 32.2. The number of carbonyl (C=O) groups excluding carboxylic acids is 1. The van der Waals surface area contributed by atoms with Crippen molar-refractivity contribution >= 4 is 21.6 Å². The number of likely N-dealkylation sites (N-methyl/N-ethyl adjacent to an activating group) is 1. The second-order valence-corrected chi connectivity index (χ2v) is 9.31. The molecule has 0 aliphatic carbocycles. The number of amides is 1. The topological polar surface area (TPSA) is 82.2 Å². The molecule has 1 fully saturated rings. The third kappa shape index (κ3) is 7.17. The van der Waals surface area contributed by atoms with Crippen LogP contribution in [0.15, 0.2) is 24.3 Å². The first-order valence-corrected chi connectivity index (χ1v) is 12.0. The summed E-state index contributed by atoms with van der Waals surface area (Å²) in [6.07, 6.45) is 1.95. The van der Waals surface area contributed by atoms with Crippen LogP contribution in [0.4, 0.5) is 5.69 Å². The van der Waals surface area contributed by atoms with Crippen LogP contribution in [0.2, 0.25) is 0 Å². The largest absolute Gasteiger partial charge is 0.494 e. The maximum absolute atomic E-state index is 12.6. The van der Waals surface area contributed by atoms with Crippen molar-refractivity contribution in [2.45, 2.75) is 26.3 Å². The lowest BCUT2D eigenvalue weighted by Gasteiger charge is -2.32. The molecule has 1 aromatic carbocycles. The van der Waals surface area contributed by atoms with Crippen molar-refractivity contribution < 1.29 is 17.9 Å². The van der Waals surface area contributed by atoms with Crippen LogP contribution in [0.25, 0.3) is 0 Å². The number of benzene rings is 1. The number of nitrogens with zero attached hydrogens (tertiary/aromatic N) is 3. The summed E-state index contributed by atoms with van der Waals surface area (Å²) in [5.74, 6) is 0.355. The molecule has 29 heavy (non-hydrogen) atoms. The molecule has 0 spiro atoms. The maximum atomic E-state index is 12.6. The molecule has 0 aromatic heterocycles. The quantitative estimate of drug-likeness (QED) is 0.562. The van der Waals surface area contributed by atoms with Crippen LogP contribution in [0.3, 0.4) is 0 Å². The van der Waals surface area contributed by atoms with Crippen LogP contribution in [0.5, 0.6) is 5.75 Å². The molecular weight excluding hydrogens is 392 g/mol. The molecule has 0 saturated carbocycles. The summed E-state index contributed by atoms with van der Waals surface area (Å²) in [4.78, 5) is 17.3. The van der Waals surface area contributed by atoms with E-state index in [4.69, 9.17) is 4.74 Å². The molecule has 1 saturated heterocycles. The number of ether oxygens (including phenoxy) is 1. The van der Waals surface area contributed by atoms with Crippen LogP contribution in [0.1, 0.15) is 20.3 Å². The molecule has 1 aliphatic rings.